The maximum absolute atomic E-state index is 12.9. The minimum atomic E-state index is -0.409. The summed E-state index contributed by atoms with van der Waals surface area (Å²) in [6, 6.07) is 7.66. The van der Waals surface area contributed by atoms with Gasteiger partial charge in [0.25, 0.3) is 0 Å². The first-order chi connectivity index (χ1) is 17.5. The maximum atomic E-state index is 12.9. The Bertz CT molecular complexity index is 1270. The average Bonchev–Trinajstić information content (AvgIpc) is 3.43. The summed E-state index contributed by atoms with van der Waals surface area (Å²) in [7, 11) is 1.37. The molecule has 2 aromatic heterocycles. The van der Waals surface area contributed by atoms with E-state index in [9.17, 15) is 9.59 Å². The van der Waals surface area contributed by atoms with Gasteiger partial charge in [0.15, 0.2) is 11.0 Å². The number of anilines is 1. The van der Waals surface area contributed by atoms with E-state index in [4.69, 9.17) is 9.47 Å². The van der Waals surface area contributed by atoms with Crippen LogP contribution < -0.4 is 10.1 Å². The molecular weight excluding hydrogens is 496 g/mol. The molecule has 0 bridgehead atoms. The van der Waals surface area contributed by atoms with Crippen molar-refractivity contribution in [3.63, 3.8) is 0 Å². The number of nitrogens with one attached hydrogen (secondary N) is 1. The Morgan fingerprint density at radius 3 is 2.89 bits per heavy atom. The number of thioether (sulfide) groups is 1. The van der Waals surface area contributed by atoms with Crippen molar-refractivity contribution in [3.8, 4) is 17.1 Å². The molecule has 0 radical (unpaired) electrons. The van der Waals surface area contributed by atoms with Crippen LogP contribution in [0, 0.1) is 5.92 Å². The first kappa shape index (κ1) is 26.0. The standard InChI is InChI=1S/C26H30N4O4S2/c1-5-13-30-23(17-9-7-8-10-19(17)34-6-2)28-29-26(30)35-15-21(31)27-24-22(25(32)33-4)18-12-11-16(3)14-20(18)36-24/h5,7-10,16H,1,6,11-15H2,2-4H3,(H,27,31). The largest absolute Gasteiger partial charge is 0.493 e. The summed E-state index contributed by atoms with van der Waals surface area (Å²) in [6.07, 6.45) is 4.51. The number of amides is 1. The van der Waals surface area contributed by atoms with Crippen LogP contribution in [0.4, 0.5) is 5.00 Å². The molecule has 8 nitrogen and oxygen atoms in total. The second kappa shape index (κ2) is 11.7. The molecule has 0 fully saturated rings. The number of methoxy groups -OCH3 is 1. The number of carbonyl (C=O) groups excluding carboxylic acids is 2. The zero-order chi connectivity index (χ0) is 25.7. The van der Waals surface area contributed by atoms with Gasteiger partial charge in [0.2, 0.25) is 5.91 Å². The van der Waals surface area contributed by atoms with Crippen LogP contribution in [0.2, 0.25) is 0 Å². The predicted molar refractivity (Wildman–Crippen MR) is 143 cm³/mol. The molecule has 1 aromatic carbocycles. The van der Waals surface area contributed by atoms with E-state index < -0.39 is 5.97 Å². The molecule has 10 heteroatoms. The molecule has 2 heterocycles. The van der Waals surface area contributed by atoms with Crippen molar-refractivity contribution in [1.29, 1.82) is 0 Å². The van der Waals surface area contributed by atoms with Crippen LogP contribution in [-0.2, 0) is 28.9 Å². The number of esters is 1. The highest BCUT2D eigenvalue weighted by Crippen LogP contribution is 2.40. The molecule has 4 rings (SSSR count). The minimum Gasteiger partial charge on any atom is -0.493 e. The summed E-state index contributed by atoms with van der Waals surface area (Å²) in [4.78, 5) is 26.6. The van der Waals surface area contributed by atoms with Gasteiger partial charge in [0.1, 0.15) is 10.8 Å². The molecule has 1 unspecified atom stereocenters. The fraction of sp³-hybridized carbons (Fsp3) is 0.385. The van der Waals surface area contributed by atoms with Crippen LogP contribution in [-0.4, -0.2) is 46.1 Å². The quantitative estimate of drug-likeness (QED) is 0.219. The van der Waals surface area contributed by atoms with Gasteiger partial charge in [-0.2, -0.15) is 0 Å². The Hall–Kier alpha value is -3.11. The van der Waals surface area contributed by atoms with Crippen LogP contribution >= 0.6 is 23.1 Å². The van der Waals surface area contributed by atoms with E-state index in [1.54, 1.807) is 6.08 Å². The van der Waals surface area contributed by atoms with Gasteiger partial charge in [-0.15, -0.1) is 28.1 Å². The van der Waals surface area contributed by atoms with Crippen molar-refractivity contribution in [3.05, 3.63) is 52.9 Å². The number of hydrogen-bond acceptors (Lipinski definition) is 8. The van der Waals surface area contributed by atoms with Gasteiger partial charge in [0, 0.05) is 11.4 Å². The Labute approximate surface area is 219 Å². The summed E-state index contributed by atoms with van der Waals surface area (Å²) in [5.41, 5.74) is 2.33. The molecule has 0 spiro atoms. The van der Waals surface area contributed by atoms with Crippen LogP contribution in [0.15, 0.2) is 42.1 Å². The zero-order valence-electron chi connectivity index (χ0n) is 20.7. The third kappa shape index (κ3) is 5.49. The fourth-order valence-electron chi connectivity index (χ4n) is 4.27. The lowest BCUT2D eigenvalue weighted by molar-refractivity contribution is -0.113. The zero-order valence-corrected chi connectivity index (χ0v) is 22.3. The molecule has 0 aliphatic heterocycles. The Morgan fingerprint density at radius 2 is 2.14 bits per heavy atom. The van der Waals surface area contributed by atoms with Crippen molar-refractivity contribution in [2.75, 3.05) is 24.8 Å². The van der Waals surface area contributed by atoms with E-state index in [2.05, 4.69) is 29.0 Å². The summed E-state index contributed by atoms with van der Waals surface area (Å²) in [6.45, 7) is 9.01. The lowest BCUT2D eigenvalue weighted by atomic mass is 9.88. The highest BCUT2D eigenvalue weighted by molar-refractivity contribution is 7.99. The van der Waals surface area contributed by atoms with Gasteiger partial charge >= 0.3 is 5.97 Å². The molecule has 1 N–H and O–H groups in total. The summed E-state index contributed by atoms with van der Waals surface area (Å²) < 4.78 is 12.7. The third-order valence-electron chi connectivity index (χ3n) is 5.94. The van der Waals surface area contributed by atoms with Crippen LogP contribution in [0.5, 0.6) is 5.75 Å². The summed E-state index contributed by atoms with van der Waals surface area (Å²) >= 11 is 2.76. The number of benzene rings is 1. The summed E-state index contributed by atoms with van der Waals surface area (Å²) in [5, 5.41) is 12.8. The second-order valence-electron chi connectivity index (χ2n) is 8.52. The molecule has 1 aliphatic carbocycles. The molecular formula is C26H30N4O4S2. The van der Waals surface area contributed by atoms with Crippen molar-refractivity contribution in [2.24, 2.45) is 5.92 Å². The van der Waals surface area contributed by atoms with Crippen LogP contribution in [0.1, 0.15) is 41.1 Å². The number of para-hydroxylation sites is 1. The second-order valence-corrected chi connectivity index (χ2v) is 10.6. The number of thiophene rings is 1. The van der Waals surface area contributed by atoms with Gasteiger partial charge in [-0.25, -0.2) is 4.79 Å². The fourth-order valence-corrected chi connectivity index (χ4v) is 6.43. The summed E-state index contributed by atoms with van der Waals surface area (Å²) in [5.74, 6) is 1.41. The Balaban J connectivity index is 1.52. The Kier molecular flexibility index (Phi) is 8.48. The van der Waals surface area contributed by atoms with Crippen molar-refractivity contribution in [2.45, 2.75) is 44.8 Å². The predicted octanol–water partition coefficient (Wildman–Crippen LogP) is 5.23. The number of ether oxygens (including phenoxy) is 2. The lowest BCUT2D eigenvalue weighted by Crippen LogP contribution is -2.17. The normalized spacial score (nSPS) is 14.7. The van der Waals surface area contributed by atoms with Gasteiger partial charge in [-0.3, -0.25) is 9.36 Å². The van der Waals surface area contributed by atoms with Gasteiger partial charge < -0.3 is 14.8 Å². The monoisotopic (exact) mass is 526 g/mol. The van der Waals surface area contributed by atoms with Crippen molar-refractivity contribution < 1.29 is 19.1 Å². The molecule has 1 amide bonds. The molecule has 190 valence electrons. The number of fused-ring (bicyclic) bond motifs is 1. The molecule has 0 saturated carbocycles. The smallest absolute Gasteiger partial charge is 0.341 e. The van der Waals surface area contributed by atoms with Crippen molar-refractivity contribution >= 4 is 40.0 Å². The van der Waals surface area contributed by atoms with Gasteiger partial charge in [0.05, 0.1) is 30.6 Å². The first-order valence-corrected chi connectivity index (χ1v) is 13.7. The van der Waals surface area contributed by atoms with E-state index in [1.165, 1.54) is 30.2 Å². The molecule has 1 aliphatic rings. The van der Waals surface area contributed by atoms with Gasteiger partial charge in [-0.1, -0.05) is 36.9 Å². The number of nitrogens with zero attached hydrogens (tertiary/aromatic N) is 3. The lowest BCUT2D eigenvalue weighted by Gasteiger charge is -2.18. The van der Waals surface area contributed by atoms with E-state index in [0.29, 0.717) is 40.6 Å². The number of rotatable bonds is 10. The SMILES string of the molecule is C=CCn1c(SCC(=O)Nc2sc3c(c2C(=O)OC)CCC(C)C3)nnc1-c1ccccc1OCC. The number of aromatic nitrogens is 3. The number of carbonyl (C=O) groups is 2. The topological polar surface area (TPSA) is 95.3 Å². The Morgan fingerprint density at radius 1 is 1.33 bits per heavy atom. The average molecular weight is 527 g/mol. The maximum Gasteiger partial charge on any atom is 0.341 e. The third-order valence-corrected chi connectivity index (χ3v) is 8.08. The number of allylic oxidation sites excluding steroid dienone is 1. The van der Waals surface area contributed by atoms with E-state index >= 15 is 0 Å². The first-order valence-electron chi connectivity index (χ1n) is 11.9. The van der Waals surface area contributed by atoms with Crippen LogP contribution in [0.3, 0.4) is 0 Å². The molecule has 3 aromatic rings. The minimum absolute atomic E-state index is 0.113. The molecule has 1 atom stereocenters. The van der Waals surface area contributed by atoms with E-state index in [0.717, 1.165) is 41.0 Å². The molecule has 36 heavy (non-hydrogen) atoms. The highest BCUT2D eigenvalue weighted by Gasteiger charge is 2.29. The van der Waals surface area contributed by atoms with Gasteiger partial charge in [-0.05, 0) is 49.8 Å². The van der Waals surface area contributed by atoms with Crippen molar-refractivity contribution in [1.82, 2.24) is 14.8 Å². The number of hydrogen-bond donors (Lipinski definition) is 1. The highest BCUT2D eigenvalue weighted by atomic mass is 32.2. The van der Waals surface area contributed by atoms with E-state index in [1.807, 2.05) is 35.8 Å². The van der Waals surface area contributed by atoms with E-state index in [-0.39, 0.29) is 11.7 Å². The molecule has 0 saturated heterocycles. The van der Waals surface area contributed by atoms with Crippen LogP contribution in [0.25, 0.3) is 11.4 Å².